The largest absolute Gasteiger partial charge is 0.346 e. The van der Waals surface area contributed by atoms with Crippen LogP contribution < -0.4 is 0 Å². The zero-order valence-electron chi connectivity index (χ0n) is 9.89. The summed E-state index contributed by atoms with van der Waals surface area (Å²) >= 11 is 0. The number of carbonyl (C=O) groups excluding carboxylic acids is 1. The number of carbonyl (C=O) groups is 1. The molecule has 0 unspecified atom stereocenters. The van der Waals surface area contributed by atoms with Gasteiger partial charge in [0.2, 0.25) is 0 Å². The summed E-state index contributed by atoms with van der Waals surface area (Å²) in [5.41, 5.74) is 2.10. The minimum atomic E-state index is 0.282. The highest BCUT2D eigenvalue weighted by molar-refractivity contribution is 5.98. The van der Waals surface area contributed by atoms with Crippen LogP contribution in [0.2, 0.25) is 0 Å². The zero-order chi connectivity index (χ0) is 11.8. The van der Waals surface area contributed by atoms with Crippen LogP contribution in [0.5, 0.6) is 0 Å². The van der Waals surface area contributed by atoms with Crippen LogP contribution in [-0.4, -0.2) is 19.9 Å². The van der Waals surface area contributed by atoms with E-state index in [0.717, 1.165) is 30.8 Å². The number of ketones is 1. The van der Waals surface area contributed by atoms with Gasteiger partial charge in [-0.05, 0) is 18.4 Å². The fourth-order valence-corrected chi connectivity index (χ4v) is 2.38. The van der Waals surface area contributed by atoms with Crippen molar-refractivity contribution in [1.29, 1.82) is 0 Å². The van der Waals surface area contributed by atoms with E-state index in [0.29, 0.717) is 6.42 Å². The first-order valence-electron chi connectivity index (χ1n) is 5.92. The molecule has 0 fully saturated rings. The molecule has 3 rings (SSSR count). The lowest BCUT2D eigenvalue weighted by Crippen LogP contribution is -2.07. The molecular weight excluding hydrogens is 214 g/mol. The first kappa shape index (κ1) is 10.3. The summed E-state index contributed by atoms with van der Waals surface area (Å²) in [5.74, 6) is 1.29. The molecule has 2 aromatic rings. The van der Waals surface area contributed by atoms with E-state index in [4.69, 9.17) is 0 Å². The van der Waals surface area contributed by atoms with E-state index < -0.39 is 0 Å². The van der Waals surface area contributed by atoms with Crippen molar-refractivity contribution in [1.82, 2.24) is 14.1 Å². The quantitative estimate of drug-likeness (QED) is 0.787. The highest BCUT2D eigenvalue weighted by atomic mass is 16.1. The number of aromatic nitrogens is 3. The zero-order valence-corrected chi connectivity index (χ0v) is 9.89. The van der Waals surface area contributed by atoms with E-state index in [-0.39, 0.29) is 5.78 Å². The van der Waals surface area contributed by atoms with E-state index in [1.165, 1.54) is 5.56 Å². The molecule has 0 amide bonds. The Balaban J connectivity index is 1.90. The highest BCUT2D eigenvalue weighted by Gasteiger charge is 2.19. The van der Waals surface area contributed by atoms with Crippen molar-refractivity contribution in [3.63, 3.8) is 0 Å². The summed E-state index contributed by atoms with van der Waals surface area (Å²) in [4.78, 5) is 16.0. The SMILES string of the molecule is Cn1ccnc1Cn1cc2c(c1)C(=O)CCC2. The van der Waals surface area contributed by atoms with Crippen molar-refractivity contribution in [3.05, 3.63) is 41.7 Å². The summed E-state index contributed by atoms with van der Waals surface area (Å²) in [6.45, 7) is 0.726. The van der Waals surface area contributed by atoms with Crippen molar-refractivity contribution in [2.45, 2.75) is 25.8 Å². The molecule has 0 aromatic carbocycles. The Labute approximate surface area is 99.9 Å². The third-order valence-corrected chi connectivity index (χ3v) is 3.36. The molecule has 2 heterocycles. The standard InChI is InChI=1S/C13H15N3O/c1-15-6-5-14-13(15)9-16-7-10-3-2-4-12(17)11(10)8-16/h5-8H,2-4,9H2,1H3. The van der Waals surface area contributed by atoms with Crippen molar-refractivity contribution in [2.24, 2.45) is 7.05 Å². The van der Waals surface area contributed by atoms with Gasteiger partial charge in [0.05, 0.1) is 6.54 Å². The number of rotatable bonds is 2. The Hall–Kier alpha value is -1.84. The molecule has 1 aliphatic rings. The van der Waals surface area contributed by atoms with Crippen LogP contribution in [0, 0.1) is 0 Å². The minimum Gasteiger partial charge on any atom is -0.346 e. The molecule has 4 heteroatoms. The maximum absolute atomic E-state index is 11.7. The molecular formula is C13H15N3O. The molecule has 0 aliphatic heterocycles. The highest BCUT2D eigenvalue weighted by Crippen LogP contribution is 2.22. The Morgan fingerprint density at radius 3 is 2.94 bits per heavy atom. The maximum atomic E-state index is 11.7. The van der Waals surface area contributed by atoms with Crippen LogP contribution in [0.1, 0.15) is 34.6 Å². The van der Waals surface area contributed by atoms with Gasteiger partial charge in [-0.25, -0.2) is 4.98 Å². The third kappa shape index (κ3) is 1.79. The van der Waals surface area contributed by atoms with Crippen molar-refractivity contribution < 1.29 is 4.79 Å². The lowest BCUT2D eigenvalue weighted by atomic mass is 9.95. The van der Waals surface area contributed by atoms with E-state index in [1.807, 2.05) is 24.0 Å². The van der Waals surface area contributed by atoms with Crippen LogP contribution in [0.15, 0.2) is 24.8 Å². The van der Waals surface area contributed by atoms with E-state index in [1.54, 1.807) is 6.20 Å². The molecule has 0 radical (unpaired) electrons. The fourth-order valence-electron chi connectivity index (χ4n) is 2.38. The number of fused-ring (bicyclic) bond motifs is 1. The summed E-state index contributed by atoms with van der Waals surface area (Å²) in [7, 11) is 1.98. The molecule has 1 aliphatic carbocycles. The van der Waals surface area contributed by atoms with Gasteiger partial charge in [0.15, 0.2) is 5.78 Å². The lowest BCUT2D eigenvalue weighted by molar-refractivity contribution is 0.0973. The van der Waals surface area contributed by atoms with Gasteiger partial charge in [-0.15, -0.1) is 0 Å². The number of imidazole rings is 1. The Morgan fingerprint density at radius 1 is 1.35 bits per heavy atom. The van der Waals surface area contributed by atoms with Gasteiger partial charge >= 0.3 is 0 Å². The van der Waals surface area contributed by atoms with Gasteiger partial charge in [0, 0.05) is 43.8 Å². The van der Waals surface area contributed by atoms with Gasteiger partial charge in [-0.2, -0.15) is 0 Å². The average Bonchev–Trinajstić information content (AvgIpc) is 2.87. The Kier molecular flexibility index (Phi) is 2.35. The topological polar surface area (TPSA) is 39.8 Å². The lowest BCUT2D eigenvalue weighted by Gasteiger charge is -2.07. The minimum absolute atomic E-state index is 0.282. The molecule has 17 heavy (non-hydrogen) atoms. The van der Waals surface area contributed by atoms with Gasteiger partial charge < -0.3 is 9.13 Å². The van der Waals surface area contributed by atoms with E-state index in [2.05, 4.69) is 15.7 Å². The number of aryl methyl sites for hydroxylation is 2. The van der Waals surface area contributed by atoms with Crippen LogP contribution in [0.3, 0.4) is 0 Å². The van der Waals surface area contributed by atoms with Gasteiger partial charge in [-0.1, -0.05) is 0 Å². The second kappa shape index (κ2) is 3.87. The summed E-state index contributed by atoms with van der Waals surface area (Å²) in [6.07, 6.45) is 10.5. The summed E-state index contributed by atoms with van der Waals surface area (Å²) in [6, 6.07) is 0. The second-order valence-corrected chi connectivity index (χ2v) is 4.60. The van der Waals surface area contributed by atoms with Crippen LogP contribution in [0.25, 0.3) is 0 Å². The molecule has 0 N–H and O–H groups in total. The number of hydrogen-bond acceptors (Lipinski definition) is 2. The predicted molar refractivity (Wildman–Crippen MR) is 64.0 cm³/mol. The van der Waals surface area contributed by atoms with Crippen molar-refractivity contribution in [2.75, 3.05) is 0 Å². The normalized spacial score (nSPS) is 15.0. The van der Waals surface area contributed by atoms with Crippen molar-refractivity contribution in [3.8, 4) is 0 Å². The molecule has 88 valence electrons. The first-order valence-corrected chi connectivity index (χ1v) is 5.92. The monoisotopic (exact) mass is 229 g/mol. The average molecular weight is 229 g/mol. The van der Waals surface area contributed by atoms with Crippen LogP contribution >= 0.6 is 0 Å². The van der Waals surface area contributed by atoms with Crippen LogP contribution in [-0.2, 0) is 20.0 Å². The molecule has 4 nitrogen and oxygen atoms in total. The van der Waals surface area contributed by atoms with Gasteiger partial charge in [0.25, 0.3) is 0 Å². The maximum Gasteiger partial charge on any atom is 0.164 e. The smallest absolute Gasteiger partial charge is 0.164 e. The number of nitrogens with zero attached hydrogens (tertiary/aromatic N) is 3. The summed E-state index contributed by atoms with van der Waals surface area (Å²) in [5, 5.41) is 0. The number of Topliss-reactive ketones (excluding diaryl/α,β-unsaturated/α-hetero) is 1. The van der Waals surface area contributed by atoms with Gasteiger partial charge in [-0.3, -0.25) is 4.79 Å². The fraction of sp³-hybridized carbons (Fsp3) is 0.385. The Morgan fingerprint density at radius 2 is 2.24 bits per heavy atom. The molecule has 2 aromatic heterocycles. The number of hydrogen-bond donors (Lipinski definition) is 0. The van der Waals surface area contributed by atoms with Crippen LogP contribution in [0.4, 0.5) is 0 Å². The first-order chi connectivity index (χ1) is 8.24. The van der Waals surface area contributed by atoms with E-state index in [9.17, 15) is 4.79 Å². The summed E-state index contributed by atoms with van der Waals surface area (Å²) < 4.78 is 4.07. The molecule has 0 saturated carbocycles. The Bertz CT molecular complexity index is 565. The molecule has 0 saturated heterocycles. The third-order valence-electron chi connectivity index (χ3n) is 3.36. The predicted octanol–water partition coefficient (Wildman–Crippen LogP) is 1.79. The molecule has 0 atom stereocenters. The van der Waals surface area contributed by atoms with Crippen molar-refractivity contribution >= 4 is 5.78 Å². The van der Waals surface area contributed by atoms with E-state index >= 15 is 0 Å². The molecule has 0 spiro atoms. The second-order valence-electron chi connectivity index (χ2n) is 4.60. The van der Waals surface area contributed by atoms with Gasteiger partial charge in [0.1, 0.15) is 5.82 Å². The molecule has 0 bridgehead atoms.